The van der Waals surface area contributed by atoms with Crippen LogP contribution in [0.2, 0.25) is 0 Å². The molecule has 7 rings (SSSR count). The number of fused-ring (bicyclic) bond motifs is 6. The number of likely N-dealkylation sites (tertiary alicyclic amines) is 1. The quantitative estimate of drug-likeness (QED) is 0.160. The first kappa shape index (κ1) is 46.5. The van der Waals surface area contributed by atoms with E-state index in [1.165, 1.54) is 27.3 Å². The number of aromatic nitrogens is 4. The van der Waals surface area contributed by atoms with Gasteiger partial charge in [-0.15, -0.1) is 11.3 Å². The standard InChI is InChI=1S/C47H61N9O7S/c1-10-38(57)54-19-16-29(24-54)44(59)53(8)40(27(3)4)42(58)51-36-20-30-25-64-43(50-30)35-21-32-33(22-47(6,7)26-63-46(61)34-15-13-18-56(52-34)45(36)60)41(55(11-2)37(32)23-49-35)31-14-12-17-48-39(31)28(5)62-9/h10,12,14,17,21,23,25,27-29,34,36,40,52H,1,11,13,15-16,18-20,22,24,26H2,2-9H3,(H,51,58)/t28-,29-,34-,36-,40?/m0/s1. The molecule has 0 radical (unpaired) electrons. The number of hydrogen-bond donors (Lipinski definition) is 2. The highest BCUT2D eigenvalue weighted by molar-refractivity contribution is 7.13. The fraction of sp³-hybridized carbons (Fsp3) is 0.532. The van der Waals surface area contributed by atoms with Gasteiger partial charge in [0.05, 0.1) is 53.1 Å². The largest absolute Gasteiger partial charge is 0.464 e. The molecule has 4 aromatic heterocycles. The van der Waals surface area contributed by atoms with E-state index >= 15 is 0 Å². The predicted octanol–water partition coefficient (Wildman–Crippen LogP) is 5.12. The molecule has 5 atom stereocenters. The zero-order chi connectivity index (χ0) is 46.0. The second kappa shape index (κ2) is 19.3. The van der Waals surface area contributed by atoms with Crippen molar-refractivity contribution in [3.8, 4) is 22.0 Å². The van der Waals surface area contributed by atoms with Crippen molar-refractivity contribution >= 4 is 51.8 Å². The Hall–Kier alpha value is -5.52. The molecule has 7 heterocycles. The Bertz CT molecular complexity index is 2430. The third-order valence-electron chi connectivity index (χ3n) is 12.7. The van der Waals surface area contributed by atoms with Crippen LogP contribution in [-0.4, -0.2) is 122 Å². The molecule has 6 bridgehead atoms. The molecule has 4 aromatic rings. The zero-order valence-corrected chi connectivity index (χ0v) is 39.0. The minimum absolute atomic E-state index is 0.0393. The number of nitrogens with zero attached hydrogens (tertiary/aromatic N) is 7. The maximum absolute atomic E-state index is 14.6. The van der Waals surface area contributed by atoms with Crippen LogP contribution in [-0.2, 0) is 52.8 Å². The summed E-state index contributed by atoms with van der Waals surface area (Å²) in [4.78, 5) is 86.7. The van der Waals surface area contributed by atoms with Crippen LogP contribution in [0.4, 0.5) is 0 Å². The van der Waals surface area contributed by atoms with E-state index in [-0.39, 0.29) is 43.4 Å². The SMILES string of the molecule is C=CC(=O)N1CC[C@H](C(=O)N(C)C(C(=O)N[C@H]2Cc3csc(n3)-c3cc4c(c(-c5cccnc5[C@H](C)OC)n(CC)c4cn3)CC(C)(C)COC(=O)[C@@H]3CCCN(N3)C2=O)C(C)C)C1. The van der Waals surface area contributed by atoms with Crippen molar-refractivity contribution in [1.82, 2.24) is 45.1 Å². The number of aryl methyl sites for hydroxylation is 1. The lowest BCUT2D eigenvalue weighted by molar-refractivity contribution is -0.155. The van der Waals surface area contributed by atoms with Crippen LogP contribution in [0.1, 0.15) is 83.9 Å². The molecule has 342 valence electrons. The minimum Gasteiger partial charge on any atom is -0.464 e. The molecule has 0 aliphatic carbocycles. The molecule has 2 fully saturated rings. The number of pyridine rings is 2. The van der Waals surface area contributed by atoms with Crippen molar-refractivity contribution in [1.29, 1.82) is 0 Å². The zero-order valence-electron chi connectivity index (χ0n) is 38.2. The number of carbonyl (C=O) groups excluding carboxylic acids is 5. The lowest BCUT2D eigenvalue weighted by Gasteiger charge is -2.37. The van der Waals surface area contributed by atoms with E-state index in [2.05, 4.69) is 54.8 Å². The molecule has 3 aliphatic heterocycles. The van der Waals surface area contributed by atoms with Crippen LogP contribution in [0.5, 0.6) is 0 Å². The first-order valence-electron chi connectivity index (χ1n) is 22.2. The summed E-state index contributed by atoms with van der Waals surface area (Å²) >= 11 is 1.40. The molecule has 64 heavy (non-hydrogen) atoms. The molecule has 16 nitrogen and oxygen atoms in total. The van der Waals surface area contributed by atoms with E-state index in [0.29, 0.717) is 61.7 Å². The third-order valence-corrected chi connectivity index (χ3v) is 13.6. The molecule has 0 spiro atoms. The number of carbonyl (C=O) groups is 5. The lowest BCUT2D eigenvalue weighted by atomic mass is 9.84. The number of hydrazine groups is 1. The number of amides is 4. The van der Waals surface area contributed by atoms with Crippen LogP contribution in [0.3, 0.4) is 0 Å². The summed E-state index contributed by atoms with van der Waals surface area (Å²) in [7, 11) is 3.27. The fourth-order valence-corrected chi connectivity index (χ4v) is 10.1. The summed E-state index contributed by atoms with van der Waals surface area (Å²) in [5.41, 5.74) is 8.57. The topological polar surface area (TPSA) is 181 Å². The normalized spacial score (nSPS) is 21.3. The number of rotatable bonds is 10. The fourth-order valence-electron chi connectivity index (χ4n) is 9.33. The van der Waals surface area contributed by atoms with Gasteiger partial charge in [-0.25, -0.2) is 10.4 Å². The number of thiazole rings is 1. The highest BCUT2D eigenvalue weighted by Crippen LogP contribution is 2.41. The van der Waals surface area contributed by atoms with E-state index in [1.807, 2.05) is 38.4 Å². The van der Waals surface area contributed by atoms with Gasteiger partial charge in [-0.05, 0) is 75.3 Å². The monoisotopic (exact) mass is 895 g/mol. The first-order chi connectivity index (χ1) is 30.5. The van der Waals surface area contributed by atoms with E-state index in [0.717, 1.165) is 33.4 Å². The van der Waals surface area contributed by atoms with Crippen molar-refractivity contribution in [2.24, 2.45) is 17.3 Å². The second-order valence-electron chi connectivity index (χ2n) is 18.3. The van der Waals surface area contributed by atoms with Crippen LogP contribution < -0.4 is 10.7 Å². The van der Waals surface area contributed by atoms with Gasteiger partial charge >= 0.3 is 5.97 Å². The van der Waals surface area contributed by atoms with E-state index in [4.69, 9.17) is 24.4 Å². The minimum atomic E-state index is -1.11. The maximum atomic E-state index is 14.6. The number of hydrogen-bond acceptors (Lipinski definition) is 12. The number of methoxy groups -OCH3 is 1. The summed E-state index contributed by atoms with van der Waals surface area (Å²) < 4.78 is 14.1. The number of cyclic esters (lactones) is 1. The van der Waals surface area contributed by atoms with Gasteiger partial charge in [0.1, 0.15) is 23.1 Å². The third kappa shape index (κ3) is 9.47. The van der Waals surface area contributed by atoms with E-state index in [1.54, 1.807) is 25.3 Å². The molecule has 4 amide bonds. The van der Waals surface area contributed by atoms with Crippen molar-refractivity contribution in [2.45, 2.75) is 104 Å². The number of esters is 1. The molecule has 3 aliphatic rings. The van der Waals surface area contributed by atoms with Crippen LogP contribution in [0, 0.1) is 17.3 Å². The molecular formula is C47H61N9O7S. The molecule has 2 saturated heterocycles. The van der Waals surface area contributed by atoms with Gasteiger partial charge in [-0.3, -0.25) is 38.9 Å². The number of ether oxygens (including phenoxy) is 2. The maximum Gasteiger partial charge on any atom is 0.324 e. The molecule has 0 aromatic carbocycles. The predicted molar refractivity (Wildman–Crippen MR) is 243 cm³/mol. The van der Waals surface area contributed by atoms with Crippen molar-refractivity contribution in [3.63, 3.8) is 0 Å². The van der Waals surface area contributed by atoms with Crippen molar-refractivity contribution < 1.29 is 33.4 Å². The van der Waals surface area contributed by atoms with Crippen molar-refractivity contribution in [2.75, 3.05) is 40.4 Å². The van der Waals surface area contributed by atoms with Gasteiger partial charge in [0.25, 0.3) is 5.91 Å². The van der Waals surface area contributed by atoms with Crippen LogP contribution in [0.15, 0.2) is 48.6 Å². The average Bonchev–Trinajstić information content (AvgIpc) is 4.05. The number of likely N-dealkylation sites (N-methyl/N-ethyl adjacent to an activating group) is 1. The Balaban J connectivity index is 1.27. The summed E-state index contributed by atoms with van der Waals surface area (Å²) in [6.07, 6.45) is 6.66. The van der Waals surface area contributed by atoms with E-state index in [9.17, 15) is 24.0 Å². The molecule has 0 saturated carbocycles. The Morgan fingerprint density at radius 3 is 2.67 bits per heavy atom. The van der Waals surface area contributed by atoms with Gasteiger partial charge < -0.3 is 29.2 Å². The van der Waals surface area contributed by atoms with Crippen LogP contribution >= 0.6 is 11.3 Å². The van der Waals surface area contributed by atoms with Gasteiger partial charge in [0.15, 0.2) is 0 Å². The first-order valence-corrected chi connectivity index (χ1v) is 23.1. The molecule has 17 heteroatoms. The van der Waals surface area contributed by atoms with E-state index < -0.39 is 47.2 Å². The Morgan fingerprint density at radius 2 is 1.95 bits per heavy atom. The summed E-state index contributed by atoms with van der Waals surface area (Å²) in [6.45, 7) is 17.2. The molecular weight excluding hydrogens is 835 g/mol. The highest BCUT2D eigenvalue weighted by atomic mass is 32.1. The molecule has 1 unspecified atom stereocenters. The smallest absolute Gasteiger partial charge is 0.324 e. The Labute approximate surface area is 378 Å². The average molecular weight is 896 g/mol. The highest BCUT2D eigenvalue weighted by Gasteiger charge is 2.40. The summed E-state index contributed by atoms with van der Waals surface area (Å²) in [6, 6.07) is 3.24. The molecule has 2 N–H and O–H groups in total. The van der Waals surface area contributed by atoms with Gasteiger partial charge in [-0.2, -0.15) is 0 Å². The Kier molecular flexibility index (Phi) is 14.0. The van der Waals surface area contributed by atoms with Gasteiger partial charge in [0.2, 0.25) is 17.7 Å². The number of nitrogens with one attached hydrogen (secondary N) is 2. The Morgan fingerprint density at radius 1 is 1.17 bits per heavy atom. The van der Waals surface area contributed by atoms with Crippen molar-refractivity contribution in [3.05, 3.63) is 65.6 Å². The van der Waals surface area contributed by atoms with Gasteiger partial charge in [0, 0.05) is 74.7 Å². The lowest BCUT2D eigenvalue weighted by Crippen LogP contribution is -2.62. The van der Waals surface area contributed by atoms with Gasteiger partial charge in [-0.1, -0.05) is 34.3 Å². The van der Waals surface area contributed by atoms with Crippen LogP contribution in [0.25, 0.3) is 32.9 Å². The second-order valence-corrected chi connectivity index (χ2v) is 19.1. The summed E-state index contributed by atoms with van der Waals surface area (Å²) in [5.74, 6) is -2.70. The summed E-state index contributed by atoms with van der Waals surface area (Å²) in [5, 5.41) is 7.91.